The minimum atomic E-state index is -4.32. The van der Waals surface area contributed by atoms with Gasteiger partial charge in [0, 0.05) is 16.0 Å². The highest BCUT2D eigenvalue weighted by Gasteiger charge is 2.35. The van der Waals surface area contributed by atoms with Gasteiger partial charge < -0.3 is 0 Å². The highest BCUT2D eigenvalue weighted by Crippen LogP contribution is 2.39. The minimum Gasteiger partial charge on any atom is -0.259 e. The molecular weight excluding hydrogens is 297 g/mol. The molecule has 1 saturated heterocycles. The van der Waals surface area contributed by atoms with Crippen LogP contribution in [-0.4, -0.2) is 14.7 Å². The van der Waals surface area contributed by atoms with Crippen molar-refractivity contribution in [2.24, 2.45) is 0 Å². The van der Waals surface area contributed by atoms with Gasteiger partial charge in [0.05, 0.1) is 10.8 Å². The second kappa shape index (κ2) is 5.27. The molecule has 5 heteroatoms. The molecule has 2 bridgehead atoms. The Labute approximate surface area is 124 Å². The van der Waals surface area contributed by atoms with Crippen molar-refractivity contribution in [1.29, 1.82) is 0 Å². The highest BCUT2D eigenvalue weighted by molar-refractivity contribution is 7.86. The Morgan fingerprint density at radius 2 is 2.00 bits per heavy atom. The fraction of sp³-hybridized carbons (Fsp3) is 0.500. The molecule has 114 valence electrons. The number of aryl methyl sites for hydroxylation is 1. The van der Waals surface area contributed by atoms with Gasteiger partial charge in [0.1, 0.15) is 0 Å². The highest BCUT2D eigenvalue weighted by atomic mass is 32.2. The smallest absolute Gasteiger partial charge is 0.259 e. The van der Waals surface area contributed by atoms with Crippen LogP contribution in [0.5, 0.6) is 0 Å². The summed E-state index contributed by atoms with van der Waals surface area (Å²) in [4.78, 5) is 0. The zero-order chi connectivity index (χ0) is 15.2. The SMILES string of the molecule is Cc1ccc(C(F)(F)F)cc1C1=CC2CCCC(C1)S2=O. The van der Waals surface area contributed by atoms with E-state index < -0.39 is 22.5 Å². The van der Waals surface area contributed by atoms with Crippen molar-refractivity contribution in [2.45, 2.75) is 49.3 Å². The van der Waals surface area contributed by atoms with Gasteiger partial charge in [0.2, 0.25) is 0 Å². The van der Waals surface area contributed by atoms with Gasteiger partial charge in [0.25, 0.3) is 0 Å². The Bertz CT molecular complexity index is 618. The molecule has 1 aromatic rings. The van der Waals surface area contributed by atoms with Gasteiger partial charge in [-0.2, -0.15) is 13.2 Å². The molecule has 0 aromatic heterocycles. The van der Waals surface area contributed by atoms with Gasteiger partial charge in [-0.05, 0) is 55.0 Å². The molecule has 0 radical (unpaired) electrons. The quantitative estimate of drug-likeness (QED) is 0.747. The molecular formula is C16H17F3OS. The summed E-state index contributed by atoms with van der Waals surface area (Å²) in [5.41, 5.74) is 1.84. The third-order valence-electron chi connectivity index (χ3n) is 4.39. The topological polar surface area (TPSA) is 17.1 Å². The maximum Gasteiger partial charge on any atom is 0.416 e. The molecule has 21 heavy (non-hydrogen) atoms. The fourth-order valence-corrected chi connectivity index (χ4v) is 5.18. The van der Waals surface area contributed by atoms with Crippen molar-refractivity contribution in [1.82, 2.24) is 0 Å². The van der Waals surface area contributed by atoms with Gasteiger partial charge in [-0.15, -0.1) is 0 Å². The molecule has 2 aliphatic rings. The number of halogens is 3. The lowest BCUT2D eigenvalue weighted by Gasteiger charge is -2.33. The number of allylic oxidation sites excluding steroid dienone is 1. The molecule has 0 amide bonds. The zero-order valence-corrected chi connectivity index (χ0v) is 12.6. The summed E-state index contributed by atoms with van der Waals surface area (Å²) in [6, 6.07) is 3.90. The molecule has 3 unspecified atom stereocenters. The van der Waals surface area contributed by atoms with E-state index in [1.807, 2.05) is 13.0 Å². The second-order valence-corrected chi connectivity index (χ2v) is 7.77. The largest absolute Gasteiger partial charge is 0.416 e. The average molecular weight is 314 g/mol. The molecule has 0 saturated carbocycles. The summed E-state index contributed by atoms with van der Waals surface area (Å²) in [5, 5.41) is 0.124. The van der Waals surface area contributed by atoms with Crippen molar-refractivity contribution < 1.29 is 17.4 Å². The Morgan fingerprint density at radius 3 is 2.67 bits per heavy atom. The number of hydrogen-bond acceptors (Lipinski definition) is 1. The number of fused-ring (bicyclic) bond motifs is 2. The first kappa shape index (κ1) is 14.8. The van der Waals surface area contributed by atoms with E-state index in [1.165, 1.54) is 12.1 Å². The molecule has 1 fully saturated rings. The molecule has 1 nitrogen and oxygen atoms in total. The van der Waals surface area contributed by atoms with E-state index in [0.29, 0.717) is 12.0 Å². The average Bonchev–Trinajstić information content (AvgIpc) is 2.38. The van der Waals surface area contributed by atoms with E-state index in [0.717, 1.165) is 36.5 Å². The monoisotopic (exact) mass is 314 g/mol. The van der Waals surface area contributed by atoms with E-state index in [2.05, 4.69) is 0 Å². The van der Waals surface area contributed by atoms with Crippen molar-refractivity contribution in [3.05, 3.63) is 41.0 Å². The van der Waals surface area contributed by atoms with Crippen LogP contribution in [0.1, 0.15) is 42.4 Å². The second-order valence-electron chi connectivity index (χ2n) is 5.84. The summed E-state index contributed by atoms with van der Waals surface area (Å²) in [6.07, 6.45) is 1.12. The number of rotatable bonds is 1. The van der Waals surface area contributed by atoms with Crippen LogP contribution in [0.2, 0.25) is 0 Å². The Balaban J connectivity index is 2.02. The summed E-state index contributed by atoms with van der Waals surface area (Å²) >= 11 is 0. The lowest BCUT2D eigenvalue weighted by Crippen LogP contribution is -2.33. The van der Waals surface area contributed by atoms with Crippen LogP contribution in [0, 0.1) is 6.92 Å². The van der Waals surface area contributed by atoms with Crippen LogP contribution >= 0.6 is 0 Å². The van der Waals surface area contributed by atoms with Gasteiger partial charge in [-0.3, -0.25) is 4.21 Å². The molecule has 1 aromatic carbocycles. The first-order valence-corrected chi connectivity index (χ1v) is 8.42. The van der Waals surface area contributed by atoms with Crippen molar-refractivity contribution in [2.75, 3.05) is 0 Å². The van der Waals surface area contributed by atoms with Crippen LogP contribution in [0.3, 0.4) is 0 Å². The van der Waals surface area contributed by atoms with E-state index in [9.17, 15) is 17.4 Å². The number of benzene rings is 1. The van der Waals surface area contributed by atoms with Crippen molar-refractivity contribution in [3.8, 4) is 0 Å². The first-order valence-electron chi connectivity index (χ1n) is 7.14. The number of hydrogen-bond donors (Lipinski definition) is 0. The lowest BCUT2D eigenvalue weighted by atomic mass is 9.90. The van der Waals surface area contributed by atoms with Crippen LogP contribution in [0.25, 0.3) is 5.57 Å². The van der Waals surface area contributed by atoms with Crippen molar-refractivity contribution >= 4 is 16.4 Å². The van der Waals surface area contributed by atoms with E-state index in [-0.39, 0.29) is 10.5 Å². The van der Waals surface area contributed by atoms with E-state index in [1.54, 1.807) is 0 Å². The van der Waals surface area contributed by atoms with E-state index >= 15 is 0 Å². The van der Waals surface area contributed by atoms with Crippen LogP contribution in [0.4, 0.5) is 13.2 Å². The van der Waals surface area contributed by atoms with E-state index in [4.69, 9.17) is 0 Å². The minimum absolute atomic E-state index is 0.0152. The molecule has 0 N–H and O–H groups in total. The molecule has 0 aliphatic carbocycles. The maximum atomic E-state index is 12.9. The Morgan fingerprint density at radius 1 is 1.24 bits per heavy atom. The molecule has 3 rings (SSSR count). The zero-order valence-electron chi connectivity index (χ0n) is 11.7. The molecule has 3 atom stereocenters. The predicted molar refractivity (Wildman–Crippen MR) is 78.3 cm³/mol. The standard InChI is InChI=1S/C16H17F3OS/c1-10-5-6-12(16(17,18)19)9-15(10)11-7-13-3-2-4-14(8-11)21(13)20/h5-7,9,13-14H,2-4,8H2,1H3. The van der Waals surface area contributed by atoms with Gasteiger partial charge >= 0.3 is 6.18 Å². The fourth-order valence-electron chi connectivity index (χ4n) is 3.24. The predicted octanol–water partition coefficient (Wildman–Crippen LogP) is 4.47. The van der Waals surface area contributed by atoms with Crippen LogP contribution < -0.4 is 0 Å². The van der Waals surface area contributed by atoms with Gasteiger partial charge in [-0.1, -0.05) is 18.6 Å². The number of alkyl halides is 3. The third kappa shape index (κ3) is 2.80. The summed E-state index contributed by atoms with van der Waals surface area (Å²) < 4.78 is 50.9. The van der Waals surface area contributed by atoms with Crippen LogP contribution in [-0.2, 0) is 17.0 Å². The first-order chi connectivity index (χ1) is 9.86. The Kier molecular flexibility index (Phi) is 3.72. The Hall–Kier alpha value is -1.10. The maximum absolute atomic E-state index is 12.9. The molecule has 2 heterocycles. The molecule has 2 aliphatic heterocycles. The third-order valence-corrected chi connectivity index (χ3v) is 6.42. The summed E-state index contributed by atoms with van der Waals surface area (Å²) in [5.74, 6) is 0. The van der Waals surface area contributed by atoms with Crippen molar-refractivity contribution in [3.63, 3.8) is 0 Å². The van der Waals surface area contributed by atoms with Gasteiger partial charge in [0.15, 0.2) is 0 Å². The molecule has 0 spiro atoms. The van der Waals surface area contributed by atoms with Crippen LogP contribution in [0.15, 0.2) is 24.3 Å². The van der Waals surface area contributed by atoms with Gasteiger partial charge in [-0.25, -0.2) is 0 Å². The normalized spacial score (nSPS) is 29.1. The summed E-state index contributed by atoms with van der Waals surface area (Å²) in [6.45, 7) is 1.83. The lowest BCUT2D eigenvalue weighted by molar-refractivity contribution is -0.137. The summed E-state index contributed by atoms with van der Waals surface area (Å²) in [7, 11) is -0.858.